The van der Waals surface area contributed by atoms with Gasteiger partial charge in [0.15, 0.2) is 0 Å². The van der Waals surface area contributed by atoms with Gasteiger partial charge in [0, 0.05) is 13.7 Å². The zero-order chi connectivity index (χ0) is 20.9. The molecule has 0 N–H and O–H groups in total. The molecule has 0 aliphatic heterocycles. The minimum absolute atomic E-state index is 0.355. The molecule has 6 heteroatoms. The molecule has 0 bridgehead atoms. The third kappa shape index (κ3) is 18.1. The third-order valence-corrected chi connectivity index (χ3v) is 6.68. The smallest absolute Gasteiger partial charge is 0.304 e. The van der Waals surface area contributed by atoms with Crippen molar-refractivity contribution in [2.75, 3.05) is 40.5 Å². The Morgan fingerprint density at radius 1 is 0.679 bits per heavy atom. The maximum absolute atomic E-state index is 12.3. The number of phosphoric acid groups is 1. The van der Waals surface area contributed by atoms with Gasteiger partial charge in [-0.25, -0.2) is 4.57 Å². The van der Waals surface area contributed by atoms with Crippen LogP contribution >= 0.6 is 7.82 Å². The second-order valence-corrected chi connectivity index (χ2v) is 9.56. The van der Waals surface area contributed by atoms with E-state index in [1.165, 1.54) is 84.2 Å². The van der Waals surface area contributed by atoms with E-state index < -0.39 is 7.82 Å². The lowest BCUT2D eigenvalue weighted by Gasteiger charge is -2.18. The van der Waals surface area contributed by atoms with Crippen molar-refractivity contribution in [3.05, 3.63) is 0 Å². The van der Waals surface area contributed by atoms with Crippen LogP contribution in [0.1, 0.15) is 104 Å². The first kappa shape index (κ1) is 28.1. The van der Waals surface area contributed by atoms with E-state index >= 15 is 0 Å². The van der Waals surface area contributed by atoms with Crippen LogP contribution in [-0.2, 0) is 18.1 Å². The lowest BCUT2D eigenvalue weighted by molar-refractivity contribution is 0.120. The number of hydrogen-bond acceptors (Lipinski definition) is 5. The van der Waals surface area contributed by atoms with Gasteiger partial charge in [-0.3, -0.25) is 13.6 Å². The maximum atomic E-state index is 12.3. The highest BCUT2D eigenvalue weighted by atomic mass is 31.2. The fourth-order valence-electron chi connectivity index (χ4n) is 3.08. The van der Waals surface area contributed by atoms with Crippen LogP contribution < -0.4 is 0 Å². The van der Waals surface area contributed by atoms with E-state index in [9.17, 15) is 4.57 Å². The van der Waals surface area contributed by atoms with Crippen LogP contribution in [0.5, 0.6) is 0 Å². The Morgan fingerprint density at radius 2 is 1.11 bits per heavy atom. The van der Waals surface area contributed by atoms with Crippen molar-refractivity contribution in [1.29, 1.82) is 0 Å². The summed E-state index contributed by atoms with van der Waals surface area (Å²) in [6.45, 7) is 6.78. The van der Waals surface area contributed by atoms with Crippen LogP contribution in [0, 0.1) is 0 Å². The molecule has 0 aromatic carbocycles. The predicted molar refractivity (Wildman–Crippen MR) is 120 cm³/mol. The number of unbranched alkanes of at least 4 members (excludes halogenated alkanes) is 13. The maximum Gasteiger partial charge on any atom is 0.474 e. The number of likely N-dealkylation sites (N-methyl/N-ethyl adjacent to an activating group) is 1. The molecule has 1 unspecified atom stereocenters. The molecular formula is C22H48NO4P. The van der Waals surface area contributed by atoms with Crippen molar-refractivity contribution in [3.8, 4) is 0 Å². The number of nitrogens with zero attached hydrogens (tertiary/aromatic N) is 1. The molecule has 0 amide bonds. The molecule has 0 heterocycles. The molecule has 1 atom stereocenters. The van der Waals surface area contributed by atoms with Gasteiger partial charge in [0.05, 0.1) is 13.2 Å². The molecule has 0 saturated heterocycles. The minimum atomic E-state index is -3.38. The Kier molecular flexibility index (Phi) is 20.4. The van der Waals surface area contributed by atoms with Gasteiger partial charge in [0.25, 0.3) is 0 Å². The molecule has 0 aliphatic carbocycles. The molecule has 28 heavy (non-hydrogen) atoms. The summed E-state index contributed by atoms with van der Waals surface area (Å²) in [5, 5.41) is 0. The van der Waals surface area contributed by atoms with Crippen LogP contribution in [0.3, 0.4) is 0 Å². The second kappa shape index (κ2) is 20.3. The van der Waals surface area contributed by atoms with Crippen molar-refractivity contribution in [2.24, 2.45) is 0 Å². The lowest BCUT2D eigenvalue weighted by atomic mass is 10.0. The Bertz CT molecular complexity index is 368. The zero-order valence-corrected chi connectivity index (χ0v) is 20.1. The summed E-state index contributed by atoms with van der Waals surface area (Å²) in [5.74, 6) is 0. The molecule has 0 radical (unpaired) electrons. The fraction of sp³-hybridized carbons (Fsp3) is 1.00. The monoisotopic (exact) mass is 421 g/mol. The van der Waals surface area contributed by atoms with Crippen LogP contribution in [0.15, 0.2) is 0 Å². The van der Waals surface area contributed by atoms with Gasteiger partial charge in [-0.05, 0) is 20.0 Å². The quantitative estimate of drug-likeness (QED) is 0.137. The van der Waals surface area contributed by atoms with E-state index in [4.69, 9.17) is 13.6 Å². The summed E-state index contributed by atoms with van der Waals surface area (Å²) in [6.07, 6.45) is 18.4. The Hall–Kier alpha value is 0.0700. The normalized spacial score (nSPS) is 13.9. The van der Waals surface area contributed by atoms with Crippen molar-refractivity contribution < 1.29 is 18.1 Å². The number of phosphoric ester groups is 1. The first-order valence-corrected chi connectivity index (χ1v) is 13.2. The minimum Gasteiger partial charge on any atom is -0.304 e. The molecule has 0 aromatic rings. The second-order valence-electron chi connectivity index (χ2n) is 7.79. The van der Waals surface area contributed by atoms with Gasteiger partial charge in [0.2, 0.25) is 0 Å². The van der Waals surface area contributed by atoms with Gasteiger partial charge in [-0.15, -0.1) is 0 Å². The summed E-state index contributed by atoms with van der Waals surface area (Å²) in [4.78, 5) is 2.09. The van der Waals surface area contributed by atoms with E-state index in [1.807, 2.05) is 7.05 Å². The Morgan fingerprint density at radius 3 is 1.54 bits per heavy atom. The number of hydrogen-bond donors (Lipinski definition) is 0. The van der Waals surface area contributed by atoms with E-state index in [2.05, 4.69) is 18.7 Å². The Balaban J connectivity index is 3.42. The highest BCUT2D eigenvalue weighted by Crippen LogP contribution is 2.48. The molecule has 5 nitrogen and oxygen atoms in total. The van der Waals surface area contributed by atoms with Crippen LogP contribution in [-0.4, -0.2) is 45.4 Å². The summed E-state index contributed by atoms with van der Waals surface area (Å²) in [7, 11) is 0.00100. The van der Waals surface area contributed by atoms with E-state index in [0.29, 0.717) is 19.8 Å². The molecular weight excluding hydrogens is 373 g/mol. The van der Waals surface area contributed by atoms with Crippen molar-refractivity contribution >= 4 is 7.82 Å². The van der Waals surface area contributed by atoms with E-state index in [-0.39, 0.29) is 0 Å². The van der Waals surface area contributed by atoms with Crippen molar-refractivity contribution in [1.82, 2.24) is 4.90 Å². The summed E-state index contributed by atoms with van der Waals surface area (Å²) in [6, 6.07) is 0. The van der Waals surface area contributed by atoms with E-state index in [1.54, 1.807) is 0 Å². The van der Waals surface area contributed by atoms with Gasteiger partial charge >= 0.3 is 7.82 Å². The molecule has 0 spiro atoms. The molecule has 0 saturated carbocycles. The summed E-state index contributed by atoms with van der Waals surface area (Å²) >= 11 is 0. The van der Waals surface area contributed by atoms with Crippen molar-refractivity contribution in [2.45, 2.75) is 104 Å². The molecule has 170 valence electrons. The first-order valence-electron chi connectivity index (χ1n) is 11.7. The zero-order valence-electron chi connectivity index (χ0n) is 19.3. The van der Waals surface area contributed by atoms with Gasteiger partial charge in [0.1, 0.15) is 0 Å². The average Bonchev–Trinajstić information content (AvgIpc) is 2.70. The van der Waals surface area contributed by atoms with Crippen LogP contribution in [0.25, 0.3) is 0 Å². The number of rotatable bonds is 22. The summed E-state index contributed by atoms with van der Waals surface area (Å²) < 4.78 is 28.0. The molecule has 0 aliphatic rings. The fourth-order valence-corrected chi connectivity index (χ4v) is 4.03. The topological polar surface area (TPSA) is 48.0 Å². The third-order valence-electron chi connectivity index (χ3n) is 5.23. The Labute approximate surface area is 175 Å². The largest absolute Gasteiger partial charge is 0.474 e. The molecule has 0 fully saturated rings. The predicted octanol–water partition coefficient (Wildman–Crippen LogP) is 7.21. The standard InChI is InChI=1S/C22H48NO4P/c1-5-7-8-9-10-11-12-13-14-15-16-17-18-19-21-26-28(24,25-4)27-22-20-23(3)6-2/h5-22H2,1-4H3. The SMILES string of the molecule is CCCCCCCCCCCCCCCCOP(=O)(OC)OCCN(C)CC. The van der Waals surface area contributed by atoms with Gasteiger partial charge < -0.3 is 4.90 Å². The molecule has 0 aromatic heterocycles. The van der Waals surface area contributed by atoms with Crippen LogP contribution in [0.4, 0.5) is 0 Å². The van der Waals surface area contributed by atoms with E-state index in [0.717, 1.165) is 19.4 Å². The van der Waals surface area contributed by atoms with Crippen molar-refractivity contribution in [3.63, 3.8) is 0 Å². The molecule has 0 rings (SSSR count). The lowest BCUT2D eigenvalue weighted by Crippen LogP contribution is -2.22. The first-order chi connectivity index (χ1) is 13.6. The highest BCUT2D eigenvalue weighted by molar-refractivity contribution is 7.48. The van der Waals surface area contributed by atoms with Crippen LogP contribution in [0.2, 0.25) is 0 Å². The van der Waals surface area contributed by atoms with Gasteiger partial charge in [-0.1, -0.05) is 97.3 Å². The summed E-state index contributed by atoms with van der Waals surface area (Å²) in [5.41, 5.74) is 0. The highest BCUT2D eigenvalue weighted by Gasteiger charge is 2.24. The van der Waals surface area contributed by atoms with Gasteiger partial charge in [-0.2, -0.15) is 0 Å². The average molecular weight is 422 g/mol.